The molecule has 0 aliphatic rings. The lowest BCUT2D eigenvalue weighted by Crippen LogP contribution is -2.25. The molecule has 1 amide bonds. The predicted molar refractivity (Wildman–Crippen MR) is 114 cm³/mol. The molecule has 0 bridgehead atoms. The SMILES string of the molecule is O=C(NCCCl)c1ccc(-c2nc(C(Cl)(Cl)Cl)nc(C(Cl)(Cl)Cl)n2)cc1Br. The van der Waals surface area contributed by atoms with E-state index in [1.54, 1.807) is 18.2 Å². The second-order valence-electron chi connectivity index (χ2n) is 4.94. The van der Waals surface area contributed by atoms with Gasteiger partial charge in [0.25, 0.3) is 5.91 Å². The van der Waals surface area contributed by atoms with E-state index in [4.69, 9.17) is 81.2 Å². The normalized spacial score (nSPS) is 12.1. The summed E-state index contributed by atoms with van der Waals surface area (Å²) in [6.45, 7) is 0.335. The van der Waals surface area contributed by atoms with Crippen LogP contribution in [0.5, 0.6) is 0 Å². The number of nitrogens with zero attached hydrogens (tertiary/aromatic N) is 3. The quantitative estimate of drug-likeness (QED) is 0.459. The van der Waals surface area contributed by atoms with Crippen molar-refractivity contribution in [1.82, 2.24) is 20.3 Å². The monoisotopic (exact) mass is 572 g/mol. The summed E-state index contributed by atoms with van der Waals surface area (Å²) >= 11 is 44.1. The van der Waals surface area contributed by atoms with Gasteiger partial charge in [0.1, 0.15) is 0 Å². The lowest BCUT2D eigenvalue weighted by Gasteiger charge is -2.16. The van der Waals surface area contributed by atoms with Gasteiger partial charge in [0.05, 0.1) is 5.56 Å². The molecular formula is C14H8BrCl7N4O. The Bertz CT molecular complexity index is 822. The molecular weight excluding hydrogens is 568 g/mol. The third-order valence-corrected chi connectivity index (χ3v) is 4.85. The van der Waals surface area contributed by atoms with Crippen molar-refractivity contribution in [2.75, 3.05) is 12.4 Å². The fourth-order valence-corrected chi connectivity index (χ4v) is 3.01. The number of nitrogens with one attached hydrogen (secondary N) is 1. The van der Waals surface area contributed by atoms with E-state index in [0.717, 1.165) is 0 Å². The number of halogens is 8. The predicted octanol–water partition coefficient (Wildman–Crippen LogP) is 5.92. The van der Waals surface area contributed by atoms with Crippen LogP contribution in [0.1, 0.15) is 22.0 Å². The molecule has 0 aliphatic heterocycles. The maximum Gasteiger partial charge on any atom is 0.252 e. The highest BCUT2D eigenvalue weighted by molar-refractivity contribution is 9.10. The van der Waals surface area contributed by atoms with Crippen molar-refractivity contribution in [2.45, 2.75) is 7.59 Å². The largest absolute Gasteiger partial charge is 0.351 e. The minimum atomic E-state index is -1.96. The first-order chi connectivity index (χ1) is 12.4. The molecule has 1 aromatic carbocycles. The van der Waals surface area contributed by atoms with E-state index in [1.807, 2.05) is 0 Å². The fraction of sp³-hybridized carbons (Fsp3) is 0.286. The summed E-state index contributed by atoms with van der Waals surface area (Å²) in [6, 6.07) is 4.77. The first-order valence-corrected chi connectivity index (χ1v) is 10.6. The van der Waals surface area contributed by atoms with Gasteiger partial charge in [-0.2, -0.15) is 0 Å². The van der Waals surface area contributed by atoms with Crippen molar-refractivity contribution in [1.29, 1.82) is 0 Å². The summed E-state index contributed by atoms with van der Waals surface area (Å²) in [5, 5.41) is 2.66. The van der Waals surface area contributed by atoms with Gasteiger partial charge in [-0.25, -0.2) is 15.0 Å². The molecule has 1 N–H and O–H groups in total. The Morgan fingerprint density at radius 1 is 1.00 bits per heavy atom. The highest BCUT2D eigenvalue weighted by atomic mass is 79.9. The van der Waals surface area contributed by atoms with Crippen LogP contribution in [0.2, 0.25) is 0 Å². The van der Waals surface area contributed by atoms with E-state index < -0.39 is 7.59 Å². The van der Waals surface area contributed by atoms with Crippen LogP contribution in [0.15, 0.2) is 22.7 Å². The number of hydrogen-bond donors (Lipinski definition) is 1. The van der Waals surface area contributed by atoms with Crippen LogP contribution in [-0.2, 0) is 7.59 Å². The van der Waals surface area contributed by atoms with Crippen LogP contribution in [0.3, 0.4) is 0 Å². The number of rotatable bonds is 4. The van der Waals surface area contributed by atoms with E-state index in [2.05, 4.69) is 36.2 Å². The lowest BCUT2D eigenvalue weighted by molar-refractivity contribution is 0.0955. The van der Waals surface area contributed by atoms with Gasteiger partial charge in [-0.15, -0.1) is 11.6 Å². The third-order valence-electron chi connectivity index (χ3n) is 2.99. The van der Waals surface area contributed by atoms with Gasteiger partial charge in [-0.1, -0.05) is 75.7 Å². The molecule has 0 unspecified atom stereocenters. The molecule has 27 heavy (non-hydrogen) atoms. The van der Waals surface area contributed by atoms with E-state index in [0.29, 0.717) is 28.0 Å². The number of hydrogen-bond acceptors (Lipinski definition) is 4. The van der Waals surface area contributed by atoms with E-state index >= 15 is 0 Å². The van der Waals surface area contributed by atoms with E-state index in [-0.39, 0.29) is 23.4 Å². The Kier molecular flexibility index (Phi) is 8.13. The van der Waals surface area contributed by atoms with Gasteiger partial charge in [0, 0.05) is 22.5 Å². The number of aromatic nitrogens is 3. The molecule has 0 atom stereocenters. The van der Waals surface area contributed by atoms with Gasteiger partial charge in [0.2, 0.25) is 7.59 Å². The molecule has 1 aromatic heterocycles. The smallest absolute Gasteiger partial charge is 0.252 e. The summed E-state index contributed by atoms with van der Waals surface area (Å²) in [5.74, 6) is -0.321. The Morgan fingerprint density at radius 2 is 1.56 bits per heavy atom. The summed E-state index contributed by atoms with van der Waals surface area (Å²) in [5.41, 5.74) is 0.866. The summed E-state index contributed by atoms with van der Waals surface area (Å²) in [7, 11) is 0. The maximum atomic E-state index is 12.1. The second-order valence-corrected chi connectivity index (χ2v) is 10.7. The Balaban J connectivity index is 2.51. The van der Waals surface area contributed by atoms with Crippen molar-refractivity contribution < 1.29 is 4.79 Å². The fourth-order valence-electron chi connectivity index (χ4n) is 1.85. The minimum Gasteiger partial charge on any atom is -0.351 e. The number of carbonyl (C=O) groups is 1. The molecule has 0 saturated carbocycles. The van der Waals surface area contributed by atoms with Crippen LogP contribution >= 0.6 is 97.1 Å². The molecule has 0 aliphatic carbocycles. The first-order valence-electron chi connectivity index (χ1n) is 6.98. The molecule has 0 spiro atoms. The zero-order valence-corrected chi connectivity index (χ0v) is 19.8. The van der Waals surface area contributed by atoms with Crippen molar-refractivity contribution in [3.05, 3.63) is 39.9 Å². The van der Waals surface area contributed by atoms with Gasteiger partial charge in [-0.05, 0) is 28.1 Å². The van der Waals surface area contributed by atoms with Crippen LogP contribution < -0.4 is 5.32 Å². The van der Waals surface area contributed by atoms with Crippen molar-refractivity contribution in [3.8, 4) is 11.4 Å². The van der Waals surface area contributed by atoms with Crippen LogP contribution in [-0.4, -0.2) is 33.3 Å². The maximum absolute atomic E-state index is 12.1. The van der Waals surface area contributed by atoms with Crippen LogP contribution in [0.4, 0.5) is 0 Å². The standard InChI is InChI=1S/C14H8BrCl7N4O/c15-8-5-6(1-2-7(8)10(27)23-4-3-16)9-24-11(13(17,18)19)26-12(25-9)14(20,21)22/h1-2,5H,3-4H2,(H,23,27). The number of carbonyl (C=O) groups excluding carboxylic acids is 1. The topological polar surface area (TPSA) is 67.8 Å². The molecule has 0 fully saturated rings. The molecule has 2 aromatic rings. The molecule has 2 rings (SSSR count). The van der Waals surface area contributed by atoms with Gasteiger partial charge < -0.3 is 5.32 Å². The zero-order chi connectivity index (χ0) is 20.4. The third kappa shape index (κ3) is 6.34. The molecule has 1 heterocycles. The minimum absolute atomic E-state index is 0.0982. The van der Waals surface area contributed by atoms with E-state index in [1.165, 1.54) is 0 Å². The molecule has 13 heteroatoms. The molecule has 0 radical (unpaired) electrons. The average Bonchev–Trinajstić information content (AvgIpc) is 2.57. The number of benzene rings is 1. The molecule has 0 saturated heterocycles. The number of alkyl halides is 7. The van der Waals surface area contributed by atoms with Crippen LogP contribution in [0, 0.1) is 0 Å². The summed E-state index contributed by atoms with van der Waals surface area (Å²) in [6.07, 6.45) is 0. The van der Waals surface area contributed by atoms with E-state index in [9.17, 15) is 4.79 Å². The van der Waals surface area contributed by atoms with Crippen molar-refractivity contribution >= 4 is 103 Å². The second kappa shape index (κ2) is 9.35. The lowest BCUT2D eigenvalue weighted by atomic mass is 10.1. The zero-order valence-electron chi connectivity index (χ0n) is 12.9. The van der Waals surface area contributed by atoms with Crippen LogP contribution in [0.25, 0.3) is 11.4 Å². The molecule has 5 nitrogen and oxygen atoms in total. The Morgan fingerprint density at radius 3 is 2.00 bits per heavy atom. The van der Waals surface area contributed by atoms with Gasteiger partial charge in [0.15, 0.2) is 17.5 Å². The highest BCUT2D eigenvalue weighted by Gasteiger charge is 2.34. The number of amides is 1. The van der Waals surface area contributed by atoms with Gasteiger partial charge in [-0.3, -0.25) is 4.79 Å². The first kappa shape index (κ1) is 23.5. The van der Waals surface area contributed by atoms with Crippen molar-refractivity contribution in [3.63, 3.8) is 0 Å². The summed E-state index contributed by atoms with van der Waals surface area (Å²) in [4.78, 5) is 24.2. The van der Waals surface area contributed by atoms with Crippen molar-refractivity contribution in [2.24, 2.45) is 0 Å². The highest BCUT2D eigenvalue weighted by Crippen LogP contribution is 2.40. The Hall–Kier alpha value is 0.210. The summed E-state index contributed by atoms with van der Waals surface area (Å²) < 4.78 is -3.43. The average molecular weight is 576 g/mol. The van der Waals surface area contributed by atoms with Gasteiger partial charge >= 0.3 is 0 Å². The molecule has 146 valence electrons. The Labute approximate surface area is 198 Å².